The van der Waals surface area contributed by atoms with Gasteiger partial charge in [0.15, 0.2) is 0 Å². The fourth-order valence-corrected chi connectivity index (χ4v) is 2.49. The second-order valence-corrected chi connectivity index (χ2v) is 5.31. The molecule has 0 saturated carbocycles. The van der Waals surface area contributed by atoms with Crippen LogP contribution in [0.15, 0.2) is 48.5 Å². The van der Waals surface area contributed by atoms with Crippen molar-refractivity contribution in [1.29, 1.82) is 0 Å². The molecule has 0 aromatic heterocycles. The molecule has 0 aliphatic carbocycles. The predicted octanol–water partition coefficient (Wildman–Crippen LogP) is 4.06. The maximum atomic E-state index is 9.49. The number of fused-ring (bicyclic) bond motifs is 2. The summed E-state index contributed by atoms with van der Waals surface area (Å²) in [6.45, 7) is 4.11. The van der Waals surface area contributed by atoms with Crippen LogP contribution in [-0.4, -0.2) is 17.8 Å². The zero-order valence-corrected chi connectivity index (χ0v) is 11.8. The molecule has 0 bridgehead atoms. The molecular weight excluding hydrogens is 248 g/mol. The average Bonchev–Trinajstić information content (AvgIpc) is 2.43. The molecule has 102 valence electrons. The lowest BCUT2D eigenvalue weighted by Crippen LogP contribution is -2.13. The van der Waals surface area contributed by atoms with Gasteiger partial charge >= 0.3 is 0 Å². The smallest absolute Gasteiger partial charge is 0.135 e. The van der Waals surface area contributed by atoms with E-state index in [1.165, 1.54) is 5.56 Å². The molecule has 20 heavy (non-hydrogen) atoms. The highest BCUT2D eigenvalue weighted by molar-refractivity contribution is 6.05. The van der Waals surface area contributed by atoms with E-state index in [1.807, 2.05) is 12.1 Å². The Morgan fingerprint density at radius 1 is 1.00 bits per heavy atom. The summed E-state index contributed by atoms with van der Waals surface area (Å²) in [4.78, 5) is 0. The van der Waals surface area contributed by atoms with Crippen molar-refractivity contribution in [2.24, 2.45) is 0 Å². The van der Waals surface area contributed by atoms with Gasteiger partial charge in [-0.15, -0.1) is 0 Å². The zero-order chi connectivity index (χ0) is 14.1. The van der Waals surface area contributed by atoms with Crippen LogP contribution in [0.3, 0.4) is 0 Å². The maximum Gasteiger partial charge on any atom is 0.135 e. The fourth-order valence-electron chi connectivity index (χ4n) is 2.49. The molecule has 0 saturated heterocycles. The van der Waals surface area contributed by atoms with Crippen molar-refractivity contribution in [2.75, 3.05) is 6.61 Å². The molecule has 0 fully saturated rings. The SMILES string of the molecule is Cc1ccc2cc3ccccc3c(OCC(C)O)c2c1. The largest absolute Gasteiger partial charge is 0.490 e. The molecule has 1 atom stereocenters. The second kappa shape index (κ2) is 5.14. The highest BCUT2D eigenvalue weighted by Gasteiger charge is 2.10. The van der Waals surface area contributed by atoms with Crippen LogP contribution >= 0.6 is 0 Å². The first-order valence-electron chi connectivity index (χ1n) is 6.88. The number of aryl methyl sites for hydroxylation is 1. The van der Waals surface area contributed by atoms with Gasteiger partial charge in [-0.3, -0.25) is 0 Å². The minimum atomic E-state index is -0.478. The van der Waals surface area contributed by atoms with Crippen LogP contribution in [0.25, 0.3) is 21.5 Å². The third kappa shape index (κ3) is 2.35. The van der Waals surface area contributed by atoms with Crippen molar-refractivity contribution in [1.82, 2.24) is 0 Å². The molecule has 0 aliphatic rings. The van der Waals surface area contributed by atoms with Gasteiger partial charge in [0.25, 0.3) is 0 Å². The third-order valence-electron chi connectivity index (χ3n) is 3.44. The van der Waals surface area contributed by atoms with Crippen LogP contribution in [0, 0.1) is 6.92 Å². The van der Waals surface area contributed by atoms with Crippen LogP contribution in [0.5, 0.6) is 5.75 Å². The van der Waals surface area contributed by atoms with Gasteiger partial charge < -0.3 is 9.84 Å². The van der Waals surface area contributed by atoms with E-state index in [0.717, 1.165) is 27.3 Å². The normalized spacial score (nSPS) is 12.8. The van der Waals surface area contributed by atoms with Gasteiger partial charge in [0.05, 0.1) is 6.10 Å². The Balaban J connectivity index is 2.29. The first-order chi connectivity index (χ1) is 9.65. The summed E-state index contributed by atoms with van der Waals surface area (Å²) < 4.78 is 5.90. The zero-order valence-electron chi connectivity index (χ0n) is 11.8. The molecule has 3 aromatic rings. The fraction of sp³-hybridized carbons (Fsp3) is 0.222. The summed E-state index contributed by atoms with van der Waals surface area (Å²) in [6, 6.07) is 16.7. The summed E-state index contributed by atoms with van der Waals surface area (Å²) in [7, 11) is 0. The lowest BCUT2D eigenvalue weighted by Gasteiger charge is -2.14. The summed E-state index contributed by atoms with van der Waals surface area (Å²) in [5.41, 5.74) is 1.20. The number of ether oxygens (including phenoxy) is 1. The molecule has 2 heteroatoms. The molecule has 1 N–H and O–H groups in total. The Morgan fingerprint density at radius 3 is 2.55 bits per heavy atom. The molecule has 0 radical (unpaired) electrons. The lowest BCUT2D eigenvalue weighted by molar-refractivity contribution is 0.124. The molecule has 0 spiro atoms. The Kier molecular flexibility index (Phi) is 3.33. The van der Waals surface area contributed by atoms with E-state index >= 15 is 0 Å². The number of benzene rings is 3. The minimum Gasteiger partial charge on any atom is -0.490 e. The van der Waals surface area contributed by atoms with E-state index in [0.29, 0.717) is 6.61 Å². The highest BCUT2D eigenvalue weighted by atomic mass is 16.5. The van der Waals surface area contributed by atoms with E-state index in [4.69, 9.17) is 4.74 Å². The quantitative estimate of drug-likeness (QED) is 0.724. The Hall–Kier alpha value is -2.06. The number of aliphatic hydroxyl groups is 1. The summed E-state index contributed by atoms with van der Waals surface area (Å²) in [6.07, 6.45) is -0.478. The molecule has 3 rings (SSSR count). The molecule has 3 aromatic carbocycles. The average molecular weight is 266 g/mol. The Labute approximate surface area is 118 Å². The van der Waals surface area contributed by atoms with Gasteiger partial charge in [0.1, 0.15) is 12.4 Å². The minimum absolute atomic E-state index is 0.303. The molecule has 0 heterocycles. The maximum absolute atomic E-state index is 9.49. The predicted molar refractivity (Wildman–Crippen MR) is 83.4 cm³/mol. The van der Waals surface area contributed by atoms with E-state index in [-0.39, 0.29) is 0 Å². The summed E-state index contributed by atoms with van der Waals surface area (Å²) in [5, 5.41) is 14.0. The van der Waals surface area contributed by atoms with Gasteiger partial charge in [-0.25, -0.2) is 0 Å². The van der Waals surface area contributed by atoms with E-state index in [9.17, 15) is 5.11 Å². The van der Waals surface area contributed by atoms with Crippen molar-refractivity contribution in [3.63, 3.8) is 0 Å². The molecule has 0 amide bonds. The van der Waals surface area contributed by atoms with E-state index in [1.54, 1.807) is 6.92 Å². The standard InChI is InChI=1S/C18H18O2/c1-12-7-8-15-10-14-5-3-4-6-16(14)18(17(15)9-12)20-11-13(2)19/h3-10,13,19H,11H2,1-2H3. The molecule has 2 nitrogen and oxygen atoms in total. The van der Waals surface area contributed by atoms with Crippen molar-refractivity contribution in [3.8, 4) is 5.75 Å². The first kappa shape index (κ1) is 12.9. The Morgan fingerprint density at radius 2 is 1.75 bits per heavy atom. The number of hydrogen-bond acceptors (Lipinski definition) is 2. The summed E-state index contributed by atoms with van der Waals surface area (Å²) in [5.74, 6) is 0.864. The van der Waals surface area contributed by atoms with Gasteiger partial charge in [0.2, 0.25) is 0 Å². The number of rotatable bonds is 3. The van der Waals surface area contributed by atoms with Crippen molar-refractivity contribution in [3.05, 3.63) is 54.1 Å². The second-order valence-electron chi connectivity index (χ2n) is 5.31. The van der Waals surface area contributed by atoms with Crippen molar-refractivity contribution in [2.45, 2.75) is 20.0 Å². The molecular formula is C18H18O2. The number of aliphatic hydroxyl groups excluding tert-OH is 1. The molecule has 0 aliphatic heterocycles. The van der Waals surface area contributed by atoms with Crippen LogP contribution in [0.1, 0.15) is 12.5 Å². The van der Waals surface area contributed by atoms with Crippen molar-refractivity contribution >= 4 is 21.5 Å². The number of hydrogen-bond donors (Lipinski definition) is 1. The lowest BCUT2D eigenvalue weighted by atomic mass is 10.0. The van der Waals surface area contributed by atoms with Gasteiger partial charge in [-0.05, 0) is 36.8 Å². The molecule has 1 unspecified atom stereocenters. The van der Waals surface area contributed by atoms with Crippen LogP contribution in [-0.2, 0) is 0 Å². The van der Waals surface area contributed by atoms with Gasteiger partial charge in [0, 0.05) is 10.8 Å². The van der Waals surface area contributed by atoms with E-state index < -0.39 is 6.10 Å². The third-order valence-corrected chi connectivity index (χ3v) is 3.44. The monoisotopic (exact) mass is 266 g/mol. The van der Waals surface area contributed by atoms with Crippen LogP contribution in [0.2, 0.25) is 0 Å². The highest BCUT2D eigenvalue weighted by Crippen LogP contribution is 2.35. The topological polar surface area (TPSA) is 29.5 Å². The van der Waals surface area contributed by atoms with Gasteiger partial charge in [-0.1, -0.05) is 42.0 Å². The first-order valence-corrected chi connectivity index (χ1v) is 6.88. The van der Waals surface area contributed by atoms with Crippen molar-refractivity contribution < 1.29 is 9.84 Å². The van der Waals surface area contributed by atoms with Crippen LogP contribution < -0.4 is 4.74 Å². The van der Waals surface area contributed by atoms with E-state index in [2.05, 4.69) is 43.3 Å². The Bertz CT molecular complexity index is 760. The van der Waals surface area contributed by atoms with Crippen LogP contribution in [0.4, 0.5) is 0 Å². The summed E-state index contributed by atoms with van der Waals surface area (Å²) >= 11 is 0. The van der Waals surface area contributed by atoms with Gasteiger partial charge in [-0.2, -0.15) is 0 Å².